The van der Waals surface area contributed by atoms with Crippen LogP contribution in [-0.4, -0.2) is 37.8 Å². The van der Waals surface area contributed by atoms with Crippen LogP contribution in [0.25, 0.3) is 11.4 Å². The largest absolute Gasteiger partial charge is 0.336 e. The Bertz CT molecular complexity index is 832. The zero-order valence-electron chi connectivity index (χ0n) is 14.3. The summed E-state index contributed by atoms with van der Waals surface area (Å²) in [6.07, 6.45) is 9.26. The van der Waals surface area contributed by atoms with Crippen molar-refractivity contribution in [2.24, 2.45) is 0 Å². The van der Waals surface area contributed by atoms with Gasteiger partial charge in [0.05, 0.1) is 17.8 Å². The third-order valence-corrected chi connectivity index (χ3v) is 3.86. The van der Waals surface area contributed by atoms with E-state index in [1.165, 1.54) is 5.56 Å². The molecule has 0 unspecified atom stereocenters. The van der Waals surface area contributed by atoms with Crippen LogP contribution in [0.1, 0.15) is 28.5 Å². The topological polar surface area (TPSA) is 71.9 Å². The second-order valence-corrected chi connectivity index (χ2v) is 5.71. The fraction of sp³-hybridized carbons (Fsp3) is 0.211. The smallest absolute Gasteiger partial charge is 0.257 e. The van der Waals surface area contributed by atoms with Crippen LogP contribution in [0.3, 0.4) is 0 Å². The van der Waals surface area contributed by atoms with E-state index in [2.05, 4.69) is 26.9 Å². The first-order chi connectivity index (χ1) is 12.2. The summed E-state index contributed by atoms with van der Waals surface area (Å²) in [6, 6.07) is 7.68. The summed E-state index contributed by atoms with van der Waals surface area (Å²) < 4.78 is 0. The van der Waals surface area contributed by atoms with Gasteiger partial charge in [0, 0.05) is 43.6 Å². The number of pyridine rings is 2. The van der Waals surface area contributed by atoms with E-state index >= 15 is 0 Å². The lowest BCUT2D eigenvalue weighted by atomic mass is 10.2. The molecule has 3 aromatic rings. The standard InChI is InChI=1S/C19H19N5O/c1-3-14-6-7-17(21-9-14)13-24(2)19(25)16-11-22-18(23-12-16)15-5-4-8-20-10-15/h4-12H,3,13H2,1-2H3. The van der Waals surface area contributed by atoms with Crippen molar-refractivity contribution in [3.63, 3.8) is 0 Å². The first-order valence-corrected chi connectivity index (χ1v) is 8.09. The molecule has 0 atom stereocenters. The zero-order chi connectivity index (χ0) is 17.6. The first-order valence-electron chi connectivity index (χ1n) is 8.09. The number of hydrogen-bond acceptors (Lipinski definition) is 5. The van der Waals surface area contributed by atoms with Gasteiger partial charge in [0.25, 0.3) is 5.91 Å². The summed E-state index contributed by atoms with van der Waals surface area (Å²) in [5.41, 5.74) is 3.29. The van der Waals surface area contributed by atoms with Crippen molar-refractivity contribution >= 4 is 5.91 Å². The van der Waals surface area contributed by atoms with E-state index < -0.39 is 0 Å². The van der Waals surface area contributed by atoms with Gasteiger partial charge in [-0.05, 0) is 30.2 Å². The van der Waals surface area contributed by atoms with Gasteiger partial charge >= 0.3 is 0 Å². The molecule has 0 aliphatic rings. The minimum Gasteiger partial charge on any atom is -0.336 e. The van der Waals surface area contributed by atoms with Crippen molar-refractivity contribution in [2.45, 2.75) is 19.9 Å². The number of nitrogens with zero attached hydrogens (tertiary/aromatic N) is 5. The number of aromatic nitrogens is 4. The minimum atomic E-state index is -0.140. The molecule has 6 nitrogen and oxygen atoms in total. The fourth-order valence-corrected chi connectivity index (χ4v) is 2.38. The summed E-state index contributed by atoms with van der Waals surface area (Å²) in [6.45, 7) is 2.52. The summed E-state index contributed by atoms with van der Waals surface area (Å²) in [4.78, 5) is 31.1. The summed E-state index contributed by atoms with van der Waals surface area (Å²) >= 11 is 0. The Morgan fingerprint density at radius 3 is 2.44 bits per heavy atom. The molecule has 3 aromatic heterocycles. The van der Waals surface area contributed by atoms with Gasteiger partial charge in [0.15, 0.2) is 5.82 Å². The molecular formula is C19H19N5O. The van der Waals surface area contributed by atoms with Crippen LogP contribution < -0.4 is 0 Å². The van der Waals surface area contributed by atoms with Gasteiger partial charge < -0.3 is 4.90 Å². The highest BCUT2D eigenvalue weighted by Crippen LogP contribution is 2.13. The molecule has 0 spiro atoms. The molecule has 0 aromatic carbocycles. The molecule has 0 saturated heterocycles. The SMILES string of the molecule is CCc1ccc(CN(C)C(=O)c2cnc(-c3cccnc3)nc2)nc1. The van der Waals surface area contributed by atoms with Crippen LogP contribution in [0.15, 0.2) is 55.2 Å². The maximum atomic E-state index is 12.5. The van der Waals surface area contributed by atoms with E-state index in [4.69, 9.17) is 0 Å². The van der Waals surface area contributed by atoms with Crippen LogP contribution >= 0.6 is 0 Å². The van der Waals surface area contributed by atoms with Crippen LogP contribution in [0, 0.1) is 0 Å². The van der Waals surface area contributed by atoms with E-state index in [0.717, 1.165) is 17.7 Å². The van der Waals surface area contributed by atoms with Crippen molar-refractivity contribution in [1.29, 1.82) is 0 Å². The average Bonchev–Trinajstić information content (AvgIpc) is 2.69. The van der Waals surface area contributed by atoms with Gasteiger partial charge in [-0.3, -0.25) is 14.8 Å². The highest BCUT2D eigenvalue weighted by atomic mass is 16.2. The van der Waals surface area contributed by atoms with Crippen molar-refractivity contribution in [3.8, 4) is 11.4 Å². The van der Waals surface area contributed by atoms with E-state index in [1.807, 2.05) is 30.5 Å². The van der Waals surface area contributed by atoms with Crippen LogP contribution in [0.2, 0.25) is 0 Å². The highest BCUT2D eigenvalue weighted by Gasteiger charge is 2.14. The third-order valence-electron chi connectivity index (χ3n) is 3.86. The minimum absolute atomic E-state index is 0.140. The Kier molecular flexibility index (Phi) is 5.09. The molecule has 0 bridgehead atoms. The van der Waals surface area contributed by atoms with Crippen molar-refractivity contribution < 1.29 is 4.79 Å². The van der Waals surface area contributed by atoms with Gasteiger partial charge in [0.2, 0.25) is 0 Å². The molecule has 0 aliphatic heterocycles. The van der Waals surface area contributed by atoms with Gasteiger partial charge in [-0.25, -0.2) is 9.97 Å². The van der Waals surface area contributed by atoms with Gasteiger partial charge in [-0.2, -0.15) is 0 Å². The fourth-order valence-electron chi connectivity index (χ4n) is 2.38. The number of hydrogen-bond donors (Lipinski definition) is 0. The lowest BCUT2D eigenvalue weighted by Gasteiger charge is -2.16. The maximum absolute atomic E-state index is 12.5. The molecule has 25 heavy (non-hydrogen) atoms. The number of amides is 1. The number of carbonyl (C=O) groups excluding carboxylic acids is 1. The van der Waals surface area contributed by atoms with E-state index in [-0.39, 0.29) is 5.91 Å². The summed E-state index contributed by atoms with van der Waals surface area (Å²) in [5, 5.41) is 0. The van der Waals surface area contributed by atoms with E-state index in [0.29, 0.717) is 17.9 Å². The Hall–Kier alpha value is -3.15. The molecule has 0 N–H and O–H groups in total. The molecular weight excluding hydrogens is 314 g/mol. The number of carbonyl (C=O) groups is 1. The Labute approximate surface area is 146 Å². The zero-order valence-corrected chi connectivity index (χ0v) is 14.3. The normalized spacial score (nSPS) is 10.5. The first kappa shape index (κ1) is 16.7. The monoisotopic (exact) mass is 333 g/mol. The Balaban J connectivity index is 1.69. The molecule has 6 heteroatoms. The van der Waals surface area contributed by atoms with Crippen molar-refractivity contribution in [1.82, 2.24) is 24.8 Å². The van der Waals surface area contributed by atoms with Gasteiger partial charge in [-0.15, -0.1) is 0 Å². The second kappa shape index (κ2) is 7.61. The molecule has 1 amide bonds. The molecule has 126 valence electrons. The Morgan fingerprint density at radius 1 is 1.04 bits per heavy atom. The average molecular weight is 333 g/mol. The predicted octanol–water partition coefficient (Wildman–Crippen LogP) is 2.77. The van der Waals surface area contributed by atoms with E-state index in [9.17, 15) is 4.79 Å². The van der Waals surface area contributed by atoms with Gasteiger partial charge in [-0.1, -0.05) is 13.0 Å². The van der Waals surface area contributed by atoms with Crippen LogP contribution in [0.4, 0.5) is 0 Å². The van der Waals surface area contributed by atoms with Gasteiger partial charge in [0.1, 0.15) is 0 Å². The lowest BCUT2D eigenvalue weighted by molar-refractivity contribution is 0.0782. The molecule has 0 radical (unpaired) electrons. The quantitative estimate of drug-likeness (QED) is 0.718. The van der Waals surface area contributed by atoms with E-state index in [1.54, 1.807) is 36.7 Å². The van der Waals surface area contributed by atoms with Crippen molar-refractivity contribution in [2.75, 3.05) is 7.05 Å². The molecule has 3 rings (SSSR count). The summed E-state index contributed by atoms with van der Waals surface area (Å²) in [7, 11) is 1.74. The van der Waals surface area contributed by atoms with Crippen LogP contribution in [-0.2, 0) is 13.0 Å². The third kappa shape index (κ3) is 4.03. The maximum Gasteiger partial charge on any atom is 0.257 e. The summed E-state index contributed by atoms with van der Waals surface area (Å²) in [5.74, 6) is 0.406. The Morgan fingerprint density at radius 2 is 1.84 bits per heavy atom. The molecule has 0 saturated carbocycles. The number of rotatable bonds is 5. The predicted molar refractivity (Wildman–Crippen MR) is 94.7 cm³/mol. The van der Waals surface area contributed by atoms with Crippen LogP contribution in [0.5, 0.6) is 0 Å². The molecule has 0 aliphatic carbocycles. The molecule has 3 heterocycles. The lowest BCUT2D eigenvalue weighted by Crippen LogP contribution is -2.26. The second-order valence-electron chi connectivity index (χ2n) is 5.71. The highest BCUT2D eigenvalue weighted by molar-refractivity contribution is 5.93. The van der Waals surface area contributed by atoms with Crippen molar-refractivity contribution in [3.05, 3.63) is 72.1 Å². The number of aryl methyl sites for hydroxylation is 1. The molecule has 0 fully saturated rings.